The molecule has 0 unspecified atom stereocenters. The standard InChI is InChI=1S/C14H17NO3S/c1-16-10-5-12(17-2)14(13(6-10)18-3)9-4-11(7-15)19-8-9/h4-6,8H,7,15H2,1-3H3. The number of ether oxygens (including phenoxy) is 3. The van der Waals surface area contributed by atoms with Crippen molar-refractivity contribution in [3.05, 3.63) is 28.5 Å². The molecule has 0 aliphatic rings. The summed E-state index contributed by atoms with van der Waals surface area (Å²) in [5.74, 6) is 2.14. The van der Waals surface area contributed by atoms with Crippen LogP contribution in [0, 0.1) is 0 Å². The van der Waals surface area contributed by atoms with Gasteiger partial charge in [-0.2, -0.15) is 0 Å². The van der Waals surface area contributed by atoms with Crippen molar-refractivity contribution < 1.29 is 14.2 Å². The average molecular weight is 279 g/mol. The molecule has 0 aliphatic carbocycles. The Labute approximate surface area is 116 Å². The molecule has 0 saturated heterocycles. The predicted molar refractivity (Wildman–Crippen MR) is 77.3 cm³/mol. The summed E-state index contributed by atoms with van der Waals surface area (Å²) in [6.07, 6.45) is 0. The van der Waals surface area contributed by atoms with Crippen LogP contribution in [-0.2, 0) is 6.54 Å². The lowest BCUT2D eigenvalue weighted by molar-refractivity contribution is 0.377. The summed E-state index contributed by atoms with van der Waals surface area (Å²) in [7, 11) is 4.88. The fourth-order valence-electron chi connectivity index (χ4n) is 1.91. The Morgan fingerprint density at radius 3 is 2.05 bits per heavy atom. The van der Waals surface area contributed by atoms with E-state index in [9.17, 15) is 0 Å². The molecule has 0 bridgehead atoms. The Morgan fingerprint density at radius 2 is 1.63 bits per heavy atom. The minimum atomic E-state index is 0.533. The first-order chi connectivity index (χ1) is 9.23. The van der Waals surface area contributed by atoms with Crippen molar-refractivity contribution in [2.24, 2.45) is 5.73 Å². The van der Waals surface area contributed by atoms with Gasteiger partial charge in [0.2, 0.25) is 0 Å². The van der Waals surface area contributed by atoms with Crippen LogP contribution in [0.1, 0.15) is 4.88 Å². The number of thiophene rings is 1. The normalized spacial score (nSPS) is 10.3. The van der Waals surface area contributed by atoms with Gasteiger partial charge in [-0.1, -0.05) is 0 Å². The van der Waals surface area contributed by atoms with Crippen LogP contribution >= 0.6 is 11.3 Å². The van der Waals surface area contributed by atoms with Crippen LogP contribution < -0.4 is 19.9 Å². The van der Waals surface area contributed by atoms with Gasteiger partial charge in [0.1, 0.15) is 17.2 Å². The lowest BCUT2D eigenvalue weighted by Gasteiger charge is -2.14. The summed E-state index contributed by atoms with van der Waals surface area (Å²) in [5.41, 5.74) is 7.62. The van der Waals surface area contributed by atoms with Crippen LogP contribution in [0.3, 0.4) is 0 Å². The molecule has 1 aromatic carbocycles. The molecular formula is C14H17NO3S. The van der Waals surface area contributed by atoms with Crippen molar-refractivity contribution in [1.82, 2.24) is 0 Å². The van der Waals surface area contributed by atoms with E-state index in [1.807, 2.05) is 12.1 Å². The van der Waals surface area contributed by atoms with Gasteiger partial charge in [0.05, 0.1) is 26.9 Å². The van der Waals surface area contributed by atoms with E-state index < -0.39 is 0 Å². The molecule has 5 heteroatoms. The summed E-state index contributed by atoms with van der Waals surface area (Å²) in [6, 6.07) is 5.74. The molecule has 2 N–H and O–H groups in total. The summed E-state index contributed by atoms with van der Waals surface area (Å²) in [4.78, 5) is 1.12. The third-order valence-corrected chi connectivity index (χ3v) is 3.82. The van der Waals surface area contributed by atoms with Gasteiger partial charge >= 0.3 is 0 Å². The van der Waals surface area contributed by atoms with E-state index in [0.717, 1.165) is 27.5 Å². The highest BCUT2D eigenvalue weighted by molar-refractivity contribution is 7.10. The van der Waals surface area contributed by atoms with Gasteiger partial charge in [-0.15, -0.1) is 11.3 Å². The maximum atomic E-state index is 5.66. The molecule has 19 heavy (non-hydrogen) atoms. The van der Waals surface area contributed by atoms with Gasteiger partial charge in [0.25, 0.3) is 0 Å². The Morgan fingerprint density at radius 1 is 1.00 bits per heavy atom. The monoisotopic (exact) mass is 279 g/mol. The van der Waals surface area contributed by atoms with E-state index in [2.05, 4.69) is 11.4 Å². The van der Waals surface area contributed by atoms with Crippen molar-refractivity contribution in [3.8, 4) is 28.4 Å². The van der Waals surface area contributed by atoms with E-state index in [1.54, 1.807) is 32.7 Å². The van der Waals surface area contributed by atoms with Crippen molar-refractivity contribution in [1.29, 1.82) is 0 Å². The molecule has 0 aliphatic heterocycles. The van der Waals surface area contributed by atoms with Crippen LogP contribution in [-0.4, -0.2) is 21.3 Å². The molecule has 1 aromatic heterocycles. The van der Waals surface area contributed by atoms with Crippen molar-refractivity contribution in [2.75, 3.05) is 21.3 Å². The number of methoxy groups -OCH3 is 3. The topological polar surface area (TPSA) is 53.7 Å². The molecule has 102 valence electrons. The van der Waals surface area contributed by atoms with Gasteiger partial charge in [-0.3, -0.25) is 0 Å². The van der Waals surface area contributed by atoms with Crippen LogP contribution in [0.15, 0.2) is 23.6 Å². The summed E-state index contributed by atoms with van der Waals surface area (Å²) in [6.45, 7) is 0.533. The summed E-state index contributed by atoms with van der Waals surface area (Å²) < 4.78 is 16.1. The Hall–Kier alpha value is -1.72. The first-order valence-corrected chi connectivity index (χ1v) is 6.69. The Bertz CT molecular complexity index is 541. The zero-order valence-electron chi connectivity index (χ0n) is 11.2. The van der Waals surface area contributed by atoms with Gasteiger partial charge in [-0.25, -0.2) is 0 Å². The second-order valence-electron chi connectivity index (χ2n) is 3.91. The predicted octanol–water partition coefficient (Wildman–Crippen LogP) is 2.90. The van der Waals surface area contributed by atoms with E-state index >= 15 is 0 Å². The fourth-order valence-corrected chi connectivity index (χ4v) is 2.66. The fraction of sp³-hybridized carbons (Fsp3) is 0.286. The average Bonchev–Trinajstić information content (AvgIpc) is 2.94. The quantitative estimate of drug-likeness (QED) is 0.914. The minimum Gasteiger partial charge on any atom is -0.496 e. The maximum Gasteiger partial charge on any atom is 0.134 e. The van der Waals surface area contributed by atoms with Gasteiger partial charge in [0.15, 0.2) is 0 Å². The Balaban J connectivity index is 2.59. The van der Waals surface area contributed by atoms with Crippen molar-refractivity contribution in [3.63, 3.8) is 0 Å². The number of benzene rings is 1. The van der Waals surface area contributed by atoms with Crippen molar-refractivity contribution in [2.45, 2.75) is 6.54 Å². The highest BCUT2D eigenvalue weighted by atomic mass is 32.1. The molecule has 1 heterocycles. The highest BCUT2D eigenvalue weighted by Gasteiger charge is 2.16. The molecule has 0 radical (unpaired) electrons. The van der Waals surface area contributed by atoms with E-state index in [-0.39, 0.29) is 0 Å². The summed E-state index contributed by atoms with van der Waals surface area (Å²) in [5, 5.41) is 2.05. The first kappa shape index (κ1) is 13.7. The Kier molecular flexibility index (Phi) is 4.29. The van der Waals surface area contributed by atoms with Crippen LogP contribution in [0.2, 0.25) is 0 Å². The lowest BCUT2D eigenvalue weighted by atomic mass is 10.1. The van der Waals surface area contributed by atoms with E-state index in [1.165, 1.54) is 0 Å². The smallest absolute Gasteiger partial charge is 0.134 e. The molecule has 2 rings (SSSR count). The van der Waals surface area contributed by atoms with Crippen LogP contribution in [0.4, 0.5) is 0 Å². The zero-order valence-corrected chi connectivity index (χ0v) is 12.0. The second-order valence-corrected chi connectivity index (χ2v) is 4.91. The van der Waals surface area contributed by atoms with Gasteiger partial charge < -0.3 is 19.9 Å². The second kappa shape index (κ2) is 5.95. The highest BCUT2D eigenvalue weighted by Crippen LogP contribution is 2.43. The SMILES string of the molecule is COc1cc(OC)c(-c2csc(CN)c2)c(OC)c1. The molecular weight excluding hydrogens is 262 g/mol. The third-order valence-electron chi connectivity index (χ3n) is 2.86. The van der Waals surface area contributed by atoms with Crippen LogP contribution in [0.5, 0.6) is 17.2 Å². The van der Waals surface area contributed by atoms with E-state index in [4.69, 9.17) is 19.9 Å². The number of rotatable bonds is 5. The largest absolute Gasteiger partial charge is 0.496 e. The molecule has 0 fully saturated rings. The molecule has 0 atom stereocenters. The first-order valence-electron chi connectivity index (χ1n) is 5.81. The molecule has 0 saturated carbocycles. The zero-order chi connectivity index (χ0) is 13.8. The summed E-state index contributed by atoms with van der Waals surface area (Å²) >= 11 is 1.63. The van der Waals surface area contributed by atoms with E-state index in [0.29, 0.717) is 12.3 Å². The van der Waals surface area contributed by atoms with Crippen LogP contribution in [0.25, 0.3) is 11.1 Å². The molecule has 4 nitrogen and oxygen atoms in total. The lowest BCUT2D eigenvalue weighted by Crippen LogP contribution is -1.95. The minimum absolute atomic E-state index is 0.533. The number of nitrogens with two attached hydrogens (primary N) is 1. The number of hydrogen-bond donors (Lipinski definition) is 1. The van der Waals surface area contributed by atoms with Crippen molar-refractivity contribution >= 4 is 11.3 Å². The maximum absolute atomic E-state index is 5.66. The van der Waals surface area contributed by atoms with Gasteiger partial charge in [-0.05, 0) is 11.4 Å². The number of hydrogen-bond acceptors (Lipinski definition) is 5. The molecule has 0 amide bonds. The third kappa shape index (κ3) is 2.67. The molecule has 0 spiro atoms. The van der Waals surface area contributed by atoms with Gasteiger partial charge in [0, 0.05) is 29.1 Å². The molecule has 2 aromatic rings.